The molecule has 37 heavy (non-hydrogen) atoms. The summed E-state index contributed by atoms with van der Waals surface area (Å²) < 4.78 is 0. The largest absolute Gasteiger partial charge is 0.371 e. The first-order valence-corrected chi connectivity index (χ1v) is 14.2. The third-order valence-corrected chi connectivity index (χ3v) is 8.97. The van der Waals surface area contributed by atoms with Crippen LogP contribution in [0.3, 0.4) is 0 Å². The average Bonchev–Trinajstić information content (AvgIpc) is 3.35. The van der Waals surface area contributed by atoms with E-state index in [9.17, 15) is 0 Å². The number of piperidine rings is 1. The summed E-state index contributed by atoms with van der Waals surface area (Å²) in [5.74, 6) is 0. The molecule has 0 bridgehead atoms. The van der Waals surface area contributed by atoms with Gasteiger partial charge in [-0.25, -0.2) is 0 Å². The Balaban J connectivity index is 1.00. The Morgan fingerprint density at radius 3 is 2.14 bits per heavy atom. The number of anilines is 2. The maximum absolute atomic E-state index is 6.06. The van der Waals surface area contributed by atoms with Gasteiger partial charge in [0, 0.05) is 75.0 Å². The van der Waals surface area contributed by atoms with Gasteiger partial charge in [0.2, 0.25) is 0 Å². The van der Waals surface area contributed by atoms with Gasteiger partial charge in [-0.2, -0.15) is 0 Å². The van der Waals surface area contributed by atoms with E-state index >= 15 is 0 Å². The molecular weight excluding hydrogens is 478 g/mol. The second-order valence-electron chi connectivity index (χ2n) is 11.2. The normalized spacial score (nSPS) is 20.6. The van der Waals surface area contributed by atoms with E-state index in [1.54, 1.807) is 0 Å². The Morgan fingerprint density at radius 1 is 0.676 bits per heavy atom. The van der Waals surface area contributed by atoms with Crippen molar-refractivity contribution in [2.45, 2.75) is 32.4 Å². The predicted molar refractivity (Wildman–Crippen MR) is 153 cm³/mol. The van der Waals surface area contributed by atoms with Crippen molar-refractivity contribution >= 4 is 23.0 Å². The molecule has 4 heterocycles. The smallest absolute Gasteiger partial charge is 0.0564 e. The van der Waals surface area contributed by atoms with Gasteiger partial charge in [-0.15, -0.1) is 0 Å². The van der Waals surface area contributed by atoms with Crippen molar-refractivity contribution in [1.82, 2.24) is 14.8 Å². The number of hydrogen-bond donors (Lipinski definition) is 0. The van der Waals surface area contributed by atoms with Gasteiger partial charge in [-0.05, 0) is 79.7 Å². The van der Waals surface area contributed by atoms with Gasteiger partial charge in [0.05, 0.1) is 5.69 Å². The molecule has 1 aromatic heterocycles. The highest BCUT2D eigenvalue weighted by atomic mass is 35.5. The van der Waals surface area contributed by atoms with Crippen molar-refractivity contribution in [3.05, 3.63) is 89.2 Å². The summed E-state index contributed by atoms with van der Waals surface area (Å²) in [5, 5.41) is 0.797. The van der Waals surface area contributed by atoms with Crippen molar-refractivity contribution in [3.8, 4) is 0 Å². The molecule has 1 spiro atoms. The minimum absolute atomic E-state index is 0.481. The molecule has 0 N–H and O–H groups in total. The standard InChI is InChI=1S/C31H38ClN5/c32-27-6-8-29(9-7-27)36-20-18-35(19-21-36)24-28-22-30(10-14-33-28)37-17-13-31(25-37)11-15-34(16-12-31)23-26-4-2-1-3-5-26/h1-10,14,22H,11-13,15-21,23-25H2. The van der Waals surface area contributed by atoms with Crippen LogP contribution in [0, 0.1) is 5.41 Å². The molecule has 3 aromatic rings. The van der Waals surface area contributed by atoms with Crippen LogP contribution in [0.25, 0.3) is 0 Å². The van der Waals surface area contributed by atoms with Gasteiger partial charge < -0.3 is 9.80 Å². The molecule has 6 rings (SSSR count). The van der Waals surface area contributed by atoms with Crippen LogP contribution in [0.1, 0.15) is 30.5 Å². The Morgan fingerprint density at radius 2 is 1.38 bits per heavy atom. The summed E-state index contributed by atoms with van der Waals surface area (Å²) in [5.41, 5.74) is 5.72. The Hall–Kier alpha value is -2.60. The monoisotopic (exact) mass is 515 g/mol. The maximum Gasteiger partial charge on any atom is 0.0564 e. The van der Waals surface area contributed by atoms with E-state index in [4.69, 9.17) is 16.6 Å². The number of halogens is 1. The molecule has 2 aromatic carbocycles. The van der Waals surface area contributed by atoms with Gasteiger partial charge in [0.1, 0.15) is 0 Å². The zero-order chi connectivity index (χ0) is 25.1. The first-order chi connectivity index (χ1) is 18.1. The lowest BCUT2D eigenvalue weighted by Gasteiger charge is -2.39. The van der Waals surface area contributed by atoms with Crippen LogP contribution in [0.15, 0.2) is 72.9 Å². The zero-order valence-electron chi connectivity index (χ0n) is 21.7. The minimum atomic E-state index is 0.481. The molecule has 0 saturated carbocycles. The summed E-state index contributed by atoms with van der Waals surface area (Å²) in [4.78, 5) is 15.0. The van der Waals surface area contributed by atoms with Crippen LogP contribution < -0.4 is 9.80 Å². The van der Waals surface area contributed by atoms with Crippen molar-refractivity contribution in [1.29, 1.82) is 0 Å². The zero-order valence-corrected chi connectivity index (χ0v) is 22.5. The number of nitrogens with zero attached hydrogens (tertiary/aromatic N) is 5. The Kier molecular flexibility index (Phi) is 7.36. The predicted octanol–water partition coefficient (Wildman–Crippen LogP) is 5.55. The molecule has 3 aliphatic heterocycles. The van der Waals surface area contributed by atoms with E-state index in [1.165, 1.54) is 68.1 Å². The highest BCUT2D eigenvalue weighted by Crippen LogP contribution is 2.42. The van der Waals surface area contributed by atoms with Gasteiger partial charge in [0.15, 0.2) is 0 Å². The second-order valence-corrected chi connectivity index (χ2v) is 11.6. The van der Waals surface area contributed by atoms with Crippen LogP contribution in [0.5, 0.6) is 0 Å². The minimum Gasteiger partial charge on any atom is -0.371 e. The van der Waals surface area contributed by atoms with E-state index < -0.39 is 0 Å². The van der Waals surface area contributed by atoms with Crippen LogP contribution in [0.4, 0.5) is 11.4 Å². The fourth-order valence-electron chi connectivity index (χ4n) is 6.38. The molecule has 0 amide bonds. The number of piperazine rings is 1. The van der Waals surface area contributed by atoms with E-state index in [2.05, 4.69) is 74.2 Å². The summed E-state index contributed by atoms with van der Waals surface area (Å²) in [7, 11) is 0. The maximum atomic E-state index is 6.06. The van der Waals surface area contributed by atoms with Gasteiger partial charge in [-0.3, -0.25) is 14.8 Å². The number of benzene rings is 2. The van der Waals surface area contributed by atoms with E-state index in [0.717, 1.165) is 44.3 Å². The summed E-state index contributed by atoms with van der Waals surface area (Å²) in [6.07, 6.45) is 5.96. The van der Waals surface area contributed by atoms with Crippen molar-refractivity contribution in [3.63, 3.8) is 0 Å². The van der Waals surface area contributed by atoms with E-state index in [1.807, 2.05) is 18.3 Å². The first-order valence-electron chi connectivity index (χ1n) is 13.8. The molecule has 6 heteroatoms. The highest BCUT2D eigenvalue weighted by Gasteiger charge is 2.40. The van der Waals surface area contributed by atoms with Crippen LogP contribution in [-0.4, -0.2) is 67.1 Å². The lowest BCUT2D eigenvalue weighted by molar-refractivity contribution is 0.115. The van der Waals surface area contributed by atoms with E-state index in [-0.39, 0.29) is 0 Å². The third kappa shape index (κ3) is 5.95. The number of likely N-dealkylation sites (tertiary alicyclic amines) is 1. The van der Waals surface area contributed by atoms with Crippen molar-refractivity contribution in [2.75, 3.05) is 62.2 Å². The number of pyridine rings is 1. The Bertz CT molecular complexity index is 1150. The fraction of sp³-hybridized carbons (Fsp3) is 0.452. The summed E-state index contributed by atoms with van der Waals surface area (Å²) >= 11 is 6.06. The van der Waals surface area contributed by atoms with Gasteiger partial charge in [0.25, 0.3) is 0 Å². The van der Waals surface area contributed by atoms with Crippen molar-refractivity contribution in [2.24, 2.45) is 5.41 Å². The highest BCUT2D eigenvalue weighted by molar-refractivity contribution is 6.30. The molecule has 0 unspecified atom stereocenters. The second kappa shape index (κ2) is 11.0. The average molecular weight is 516 g/mol. The lowest BCUT2D eigenvalue weighted by atomic mass is 9.77. The molecule has 3 aliphatic rings. The van der Waals surface area contributed by atoms with E-state index in [0.29, 0.717) is 5.41 Å². The molecular formula is C31H38ClN5. The quantitative estimate of drug-likeness (QED) is 0.429. The molecule has 5 nitrogen and oxygen atoms in total. The molecule has 194 valence electrons. The van der Waals surface area contributed by atoms with Gasteiger partial charge in [-0.1, -0.05) is 41.9 Å². The molecule has 3 fully saturated rings. The molecule has 0 aliphatic carbocycles. The lowest BCUT2D eigenvalue weighted by Crippen LogP contribution is -2.46. The van der Waals surface area contributed by atoms with Crippen molar-refractivity contribution < 1.29 is 0 Å². The summed E-state index contributed by atoms with van der Waals surface area (Å²) in [6, 6.07) is 23.7. The fourth-order valence-corrected chi connectivity index (χ4v) is 6.51. The van der Waals surface area contributed by atoms with Crippen LogP contribution in [0.2, 0.25) is 5.02 Å². The number of hydrogen-bond acceptors (Lipinski definition) is 5. The van der Waals surface area contributed by atoms with Crippen LogP contribution >= 0.6 is 11.6 Å². The number of rotatable bonds is 6. The van der Waals surface area contributed by atoms with Crippen LogP contribution in [-0.2, 0) is 13.1 Å². The Labute approximate surface area is 226 Å². The molecule has 0 radical (unpaired) electrons. The first kappa shape index (κ1) is 24.7. The SMILES string of the molecule is Clc1ccc(N2CCN(Cc3cc(N4CCC5(CCN(Cc6ccccc6)CC5)C4)ccn3)CC2)cc1. The topological polar surface area (TPSA) is 25.9 Å². The molecule has 3 saturated heterocycles. The van der Waals surface area contributed by atoms with Gasteiger partial charge >= 0.3 is 0 Å². The summed E-state index contributed by atoms with van der Waals surface area (Å²) in [6.45, 7) is 11.0. The third-order valence-electron chi connectivity index (χ3n) is 8.72. The molecule has 0 atom stereocenters. The number of aromatic nitrogens is 1.